The van der Waals surface area contributed by atoms with Crippen LogP contribution in [0.2, 0.25) is 0 Å². The average Bonchev–Trinajstić information content (AvgIpc) is 1.61. The maximum absolute atomic E-state index is 8.88. The maximum atomic E-state index is 8.88. The zero-order chi connectivity index (χ0) is 7.91. The molecule has 0 heterocycles. The van der Waals surface area contributed by atoms with E-state index in [1.165, 1.54) is 0 Å². The zero-order valence-corrected chi connectivity index (χ0v) is 9.33. The van der Waals surface area contributed by atoms with Crippen LogP contribution in [-0.2, 0) is 24.0 Å². The molecular weight excluding hydrogens is 237 g/mol. The van der Waals surface area contributed by atoms with Crippen molar-refractivity contribution in [1.29, 1.82) is 0 Å². The molecule has 9 heteroatoms. The van der Waals surface area contributed by atoms with Crippen molar-refractivity contribution >= 4 is 30.9 Å². The van der Waals surface area contributed by atoms with Crippen molar-refractivity contribution in [3.05, 3.63) is 0 Å². The molecule has 0 aromatic rings. The van der Waals surface area contributed by atoms with E-state index in [-0.39, 0.29) is 42.5 Å². The fraction of sp³-hybridized carbons (Fsp3) is 1.00. The second-order valence-electron chi connectivity index (χ2n) is 1.09. The van der Waals surface area contributed by atoms with Crippen molar-refractivity contribution in [1.82, 2.24) is 0 Å². The van der Waals surface area contributed by atoms with E-state index in [1.807, 2.05) is 0 Å². The van der Waals surface area contributed by atoms with E-state index in [4.69, 9.17) is 30.7 Å². The van der Waals surface area contributed by atoms with Crippen molar-refractivity contribution in [3.8, 4) is 0 Å². The Morgan fingerprint density at radius 2 is 1.18 bits per heavy atom. The van der Waals surface area contributed by atoms with Gasteiger partial charge in [-0.15, -0.1) is 0 Å². The molecule has 0 radical (unpaired) electrons. The van der Waals surface area contributed by atoms with Crippen LogP contribution in [0.1, 0.15) is 0 Å². The Morgan fingerprint density at radius 1 is 1.09 bits per heavy atom. The van der Waals surface area contributed by atoms with E-state index in [9.17, 15) is 0 Å². The summed E-state index contributed by atoms with van der Waals surface area (Å²) in [7, 11) is -4.64. The van der Waals surface area contributed by atoms with E-state index in [0.29, 0.717) is 13.1 Å². The third kappa shape index (κ3) is 173. The summed E-state index contributed by atoms with van der Waals surface area (Å²) in [4.78, 5) is 21.6. The molecule has 0 unspecified atom stereocenters. The molecule has 0 spiro atoms. The third-order valence-corrected chi connectivity index (χ3v) is 0.167. The molecule has 64 valence electrons. The molecule has 0 fully saturated rings. The summed E-state index contributed by atoms with van der Waals surface area (Å²) >= 11 is 0. The van der Waals surface area contributed by atoms with Gasteiger partial charge in [-0.25, -0.2) is 4.57 Å². The van der Waals surface area contributed by atoms with Crippen LogP contribution in [0.15, 0.2) is 0 Å². The van der Waals surface area contributed by atoms with Crippen molar-refractivity contribution < 1.29 is 38.7 Å². The Hall–Kier alpha value is 1.42. The van der Waals surface area contributed by atoms with Gasteiger partial charge in [0.1, 0.15) is 0 Å². The van der Waals surface area contributed by atoms with Crippen molar-refractivity contribution in [2.75, 3.05) is 13.1 Å². The monoisotopic (exact) mass is 248 g/mol. The van der Waals surface area contributed by atoms with E-state index < -0.39 is 7.82 Å². The smallest absolute Gasteiger partial charge is 0.329 e. The fourth-order valence-corrected chi connectivity index (χ4v) is 0. The van der Waals surface area contributed by atoms with Crippen LogP contribution in [0.25, 0.3) is 0 Å². The van der Waals surface area contributed by atoms with Crippen LogP contribution < -0.4 is 11.5 Å². The van der Waals surface area contributed by atoms with Gasteiger partial charge < -0.3 is 26.1 Å². The normalized spacial score (nSPS) is 8.09. The first-order valence-corrected chi connectivity index (χ1v) is 3.66. The SMILES string of the molecule is NCCN.O=P(O)(O)O.[MgH2].[Zn]. The molecule has 0 aliphatic carbocycles. The van der Waals surface area contributed by atoms with E-state index in [2.05, 4.69) is 0 Å². The summed E-state index contributed by atoms with van der Waals surface area (Å²) in [5, 5.41) is 0. The summed E-state index contributed by atoms with van der Waals surface area (Å²) in [5.41, 5.74) is 9.81. The Bertz CT molecular complexity index is 89.8. The Kier molecular flexibility index (Phi) is 29.0. The predicted molar refractivity (Wildman–Crippen MR) is 40.9 cm³/mol. The minimum atomic E-state index is -4.64. The van der Waals surface area contributed by atoms with E-state index in [0.717, 1.165) is 0 Å². The van der Waals surface area contributed by atoms with Gasteiger partial charge in [0.25, 0.3) is 0 Å². The van der Waals surface area contributed by atoms with Crippen LogP contribution in [-0.4, -0.2) is 50.8 Å². The first kappa shape index (κ1) is 22.8. The zero-order valence-electron chi connectivity index (χ0n) is 5.47. The Labute approximate surface area is 93.9 Å². The van der Waals surface area contributed by atoms with Crippen molar-refractivity contribution in [2.24, 2.45) is 11.5 Å². The van der Waals surface area contributed by atoms with Crippen LogP contribution in [0, 0.1) is 0 Å². The van der Waals surface area contributed by atoms with Gasteiger partial charge in [-0.05, 0) is 0 Å². The summed E-state index contributed by atoms with van der Waals surface area (Å²) < 4.78 is 8.88. The minimum absolute atomic E-state index is 0. The largest absolute Gasteiger partial charge is 0.466 e. The van der Waals surface area contributed by atoms with E-state index in [1.54, 1.807) is 0 Å². The van der Waals surface area contributed by atoms with Gasteiger partial charge in [0.05, 0.1) is 0 Å². The van der Waals surface area contributed by atoms with Gasteiger partial charge in [0.2, 0.25) is 0 Å². The molecule has 11 heavy (non-hydrogen) atoms. The summed E-state index contributed by atoms with van der Waals surface area (Å²) in [6, 6.07) is 0. The van der Waals surface area contributed by atoms with Crippen LogP contribution >= 0.6 is 7.82 Å². The quantitative estimate of drug-likeness (QED) is 0.250. The standard InChI is InChI=1S/C2H8N2.Mg.H3O4P.Zn.2H/c3-1-2-4;;1-5(2,3)4;;;/h1-4H2;;(H3,1,2,3,4);;;. The van der Waals surface area contributed by atoms with Crippen molar-refractivity contribution in [2.45, 2.75) is 0 Å². The first-order valence-electron chi connectivity index (χ1n) is 2.10. The molecule has 0 atom stereocenters. The van der Waals surface area contributed by atoms with Gasteiger partial charge in [0, 0.05) is 32.6 Å². The average molecular weight is 250 g/mol. The molecule has 7 N–H and O–H groups in total. The number of rotatable bonds is 1. The molecular formula is C2H13MgN2O4PZn. The van der Waals surface area contributed by atoms with Crippen LogP contribution in [0.4, 0.5) is 0 Å². The van der Waals surface area contributed by atoms with Crippen molar-refractivity contribution in [3.63, 3.8) is 0 Å². The second kappa shape index (κ2) is 14.0. The summed E-state index contributed by atoms with van der Waals surface area (Å²) in [5.74, 6) is 0. The number of hydrogen-bond donors (Lipinski definition) is 5. The van der Waals surface area contributed by atoms with Gasteiger partial charge in [-0.3, -0.25) is 0 Å². The molecule has 0 bridgehead atoms. The molecule has 0 saturated carbocycles. The molecule has 0 aliphatic rings. The molecule has 0 aliphatic heterocycles. The second-order valence-corrected chi connectivity index (χ2v) is 2.12. The maximum Gasteiger partial charge on any atom is 0.466 e. The number of nitrogens with two attached hydrogens (primary N) is 2. The van der Waals surface area contributed by atoms with Gasteiger partial charge >= 0.3 is 30.9 Å². The summed E-state index contributed by atoms with van der Waals surface area (Å²) in [6.07, 6.45) is 0. The van der Waals surface area contributed by atoms with Gasteiger partial charge in [0.15, 0.2) is 0 Å². The summed E-state index contributed by atoms with van der Waals surface area (Å²) in [6.45, 7) is 1.19. The molecule has 0 saturated heterocycles. The molecule has 0 aromatic heterocycles. The molecule has 0 aromatic carbocycles. The molecule has 0 amide bonds. The minimum Gasteiger partial charge on any atom is -0.329 e. The number of phosphoric acid groups is 1. The Balaban J connectivity index is -0.0000000383. The van der Waals surface area contributed by atoms with E-state index >= 15 is 0 Å². The Morgan fingerprint density at radius 3 is 1.18 bits per heavy atom. The molecule has 0 rings (SSSR count). The predicted octanol–water partition coefficient (Wildman–Crippen LogP) is -2.94. The van der Waals surface area contributed by atoms with Crippen LogP contribution in [0.3, 0.4) is 0 Å². The van der Waals surface area contributed by atoms with Gasteiger partial charge in [-0.1, -0.05) is 0 Å². The van der Waals surface area contributed by atoms with Crippen LogP contribution in [0.5, 0.6) is 0 Å². The first-order chi connectivity index (χ1) is 3.91. The van der Waals surface area contributed by atoms with Gasteiger partial charge in [-0.2, -0.15) is 0 Å². The third-order valence-electron chi connectivity index (χ3n) is 0.167. The fourth-order valence-electron chi connectivity index (χ4n) is 0. The number of hydrogen-bond acceptors (Lipinski definition) is 3. The topological polar surface area (TPSA) is 130 Å². The molecule has 6 nitrogen and oxygen atoms in total.